The Bertz CT molecular complexity index is 506. The highest BCUT2D eigenvalue weighted by Gasteiger charge is 2.24. The molecule has 1 saturated heterocycles. The van der Waals surface area contributed by atoms with Crippen LogP contribution in [-0.4, -0.2) is 47.5 Å². The Morgan fingerprint density at radius 2 is 2.29 bits per heavy atom. The predicted molar refractivity (Wildman–Crippen MR) is 88.9 cm³/mol. The van der Waals surface area contributed by atoms with Crippen LogP contribution in [0.1, 0.15) is 30.9 Å². The van der Waals surface area contributed by atoms with Crippen LogP contribution < -0.4 is 5.73 Å². The van der Waals surface area contributed by atoms with Gasteiger partial charge in [-0.15, -0.1) is 0 Å². The fourth-order valence-electron chi connectivity index (χ4n) is 3.06. The quantitative estimate of drug-likeness (QED) is 0.818. The molecule has 116 valence electrons. The molecule has 3 nitrogen and oxygen atoms in total. The van der Waals surface area contributed by atoms with Gasteiger partial charge in [-0.05, 0) is 39.0 Å². The fraction of sp³-hybridized carbons (Fsp3) is 0.562. The molecule has 0 spiro atoms. The summed E-state index contributed by atoms with van der Waals surface area (Å²) < 4.78 is 14.1. The third kappa shape index (κ3) is 4.22. The molecule has 1 unspecified atom stereocenters. The zero-order valence-corrected chi connectivity index (χ0v) is 13.6. The van der Waals surface area contributed by atoms with Gasteiger partial charge in [-0.25, -0.2) is 4.39 Å². The van der Waals surface area contributed by atoms with Gasteiger partial charge in [-0.3, -0.25) is 4.90 Å². The Hall–Kier alpha value is -1.04. The van der Waals surface area contributed by atoms with E-state index >= 15 is 0 Å². The van der Waals surface area contributed by atoms with Crippen LogP contribution >= 0.6 is 12.2 Å². The van der Waals surface area contributed by atoms with Gasteiger partial charge in [0.15, 0.2) is 0 Å². The zero-order valence-electron chi connectivity index (χ0n) is 12.8. The van der Waals surface area contributed by atoms with E-state index in [2.05, 4.69) is 16.7 Å². The number of likely N-dealkylation sites (tertiary alicyclic amines) is 1. The lowest BCUT2D eigenvalue weighted by Gasteiger charge is -2.27. The third-order valence-electron chi connectivity index (χ3n) is 4.21. The molecule has 2 rings (SSSR count). The van der Waals surface area contributed by atoms with Crippen molar-refractivity contribution in [1.29, 1.82) is 0 Å². The van der Waals surface area contributed by atoms with E-state index in [-0.39, 0.29) is 10.8 Å². The van der Waals surface area contributed by atoms with Gasteiger partial charge in [0, 0.05) is 30.3 Å². The summed E-state index contributed by atoms with van der Waals surface area (Å²) in [7, 11) is 2.05. The van der Waals surface area contributed by atoms with Crippen LogP contribution in [0.3, 0.4) is 0 Å². The van der Waals surface area contributed by atoms with E-state index in [4.69, 9.17) is 18.0 Å². The molecule has 0 saturated carbocycles. The SMILES string of the molecule is CCN1CCCC1CN(C)Cc1ccc(C(N)=S)cc1F. The summed E-state index contributed by atoms with van der Waals surface area (Å²) in [5.74, 6) is -0.231. The van der Waals surface area contributed by atoms with Gasteiger partial charge in [0.05, 0.1) is 0 Å². The Morgan fingerprint density at radius 3 is 2.90 bits per heavy atom. The summed E-state index contributed by atoms with van der Waals surface area (Å²) in [6.45, 7) is 6.07. The van der Waals surface area contributed by atoms with Gasteiger partial charge < -0.3 is 10.6 Å². The average Bonchev–Trinajstić information content (AvgIpc) is 2.87. The first kappa shape index (κ1) is 16.3. The number of hydrogen-bond acceptors (Lipinski definition) is 3. The van der Waals surface area contributed by atoms with Crippen molar-refractivity contribution in [2.24, 2.45) is 5.73 Å². The molecule has 0 amide bonds. The molecule has 1 heterocycles. The summed E-state index contributed by atoms with van der Waals surface area (Å²) in [6.07, 6.45) is 2.50. The summed E-state index contributed by atoms with van der Waals surface area (Å²) in [6, 6.07) is 5.60. The summed E-state index contributed by atoms with van der Waals surface area (Å²) in [4.78, 5) is 4.93. The Labute approximate surface area is 131 Å². The Morgan fingerprint density at radius 1 is 1.52 bits per heavy atom. The Kier molecular flexibility index (Phi) is 5.67. The van der Waals surface area contributed by atoms with E-state index in [0.29, 0.717) is 23.7 Å². The van der Waals surface area contributed by atoms with Crippen molar-refractivity contribution in [3.8, 4) is 0 Å². The summed E-state index contributed by atoms with van der Waals surface area (Å²) >= 11 is 4.87. The van der Waals surface area contributed by atoms with Crippen LogP contribution in [0.15, 0.2) is 18.2 Å². The third-order valence-corrected chi connectivity index (χ3v) is 4.44. The highest BCUT2D eigenvalue weighted by atomic mass is 32.1. The number of hydrogen-bond donors (Lipinski definition) is 1. The number of thiocarbonyl (C=S) groups is 1. The normalized spacial score (nSPS) is 19.3. The second-order valence-corrected chi connectivity index (χ2v) is 6.23. The molecule has 0 aromatic heterocycles. The van der Waals surface area contributed by atoms with E-state index < -0.39 is 0 Å². The minimum Gasteiger partial charge on any atom is -0.389 e. The van der Waals surface area contributed by atoms with E-state index in [9.17, 15) is 4.39 Å². The second kappa shape index (κ2) is 7.29. The van der Waals surface area contributed by atoms with E-state index in [1.165, 1.54) is 25.5 Å². The first-order chi connectivity index (χ1) is 10.0. The minimum absolute atomic E-state index is 0.231. The number of rotatable bonds is 6. The van der Waals surface area contributed by atoms with Gasteiger partial charge in [0.2, 0.25) is 0 Å². The largest absolute Gasteiger partial charge is 0.389 e. The second-order valence-electron chi connectivity index (χ2n) is 5.79. The van der Waals surface area contributed by atoms with Gasteiger partial charge in [0.25, 0.3) is 0 Å². The molecular formula is C16H24FN3S. The topological polar surface area (TPSA) is 32.5 Å². The van der Waals surface area contributed by atoms with Gasteiger partial charge >= 0.3 is 0 Å². The lowest BCUT2D eigenvalue weighted by atomic mass is 10.1. The number of nitrogens with two attached hydrogens (primary N) is 1. The molecule has 0 bridgehead atoms. The highest BCUT2D eigenvalue weighted by molar-refractivity contribution is 7.80. The van der Waals surface area contributed by atoms with Gasteiger partial charge in [-0.2, -0.15) is 0 Å². The molecule has 1 atom stereocenters. The number of halogens is 1. The summed E-state index contributed by atoms with van der Waals surface area (Å²) in [5, 5.41) is 0. The van der Waals surface area contributed by atoms with Crippen LogP contribution in [0.25, 0.3) is 0 Å². The average molecular weight is 309 g/mol. The molecule has 1 aliphatic heterocycles. The lowest BCUT2D eigenvalue weighted by Crippen LogP contribution is -2.38. The van der Waals surface area contributed by atoms with E-state index in [0.717, 1.165) is 13.1 Å². The van der Waals surface area contributed by atoms with Gasteiger partial charge in [-0.1, -0.05) is 31.3 Å². The molecule has 1 aliphatic rings. The minimum atomic E-state index is -0.231. The first-order valence-corrected chi connectivity index (χ1v) is 7.93. The highest BCUT2D eigenvalue weighted by Crippen LogP contribution is 2.19. The maximum Gasteiger partial charge on any atom is 0.128 e. The number of benzene rings is 1. The molecule has 0 aliphatic carbocycles. The molecule has 1 aromatic carbocycles. The fourth-order valence-corrected chi connectivity index (χ4v) is 3.19. The molecular weight excluding hydrogens is 285 g/mol. The summed E-state index contributed by atoms with van der Waals surface area (Å²) in [5.41, 5.74) is 6.80. The monoisotopic (exact) mass is 309 g/mol. The first-order valence-electron chi connectivity index (χ1n) is 7.52. The van der Waals surface area contributed by atoms with Crippen molar-refractivity contribution in [2.75, 3.05) is 26.7 Å². The smallest absolute Gasteiger partial charge is 0.128 e. The lowest BCUT2D eigenvalue weighted by molar-refractivity contribution is 0.193. The standard InChI is InChI=1S/C16H24FN3S/c1-3-20-8-4-5-14(20)11-19(2)10-13-7-6-12(16(18)21)9-15(13)17/h6-7,9,14H,3-5,8,10-11H2,1-2H3,(H2,18,21). The van der Waals surface area contributed by atoms with E-state index in [1.807, 2.05) is 7.05 Å². The van der Waals surface area contributed by atoms with Crippen LogP contribution in [-0.2, 0) is 6.54 Å². The number of nitrogens with zero attached hydrogens (tertiary/aromatic N) is 2. The number of likely N-dealkylation sites (N-methyl/N-ethyl adjacent to an activating group) is 2. The van der Waals surface area contributed by atoms with Gasteiger partial charge in [0.1, 0.15) is 10.8 Å². The maximum absolute atomic E-state index is 14.1. The molecule has 5 heteroatoms. The van der Waals surface area contributed by atoms with Crippen LogP contribution in [0.2, 0.25) is 0 Å². The van der Waals surface area contributed by atoms with Crippen LogP contribution in [0, 0.1) is 5.82 Å². The molecule has 1 aromatic rings. The van der Waals surface area contributed by atoms with Crippen molar-refractivity contribution in [2.45, 2.75) is 32.4 Å². The van der Waals surface area contributed by atoms with Crippen molar-refractivity contribution >= 4 is 17.2 Å². The molecule has 0 radical (unpaired) electrons. The van der Waals surface area contributed by atoms with Crippen molar-refractivity contribution in [3.63, 3.8) is 0 Å². The predicted octanol–water partition coefficient (Wildman–Crippen LogP) is 2.38. The van der Waals surface area contributed by atoms with Crippen LogP contribution in [0.5, 0.6) is 0 Å². The van der Waals surface area contributed by atoms with Crippen LogP contribution in [0.4, 0.5) is 4.39 Å². The maximum atomic E-state index is 14.1. The Balaban J connectivity index is 1.96. The van der Waals surface area contributed by atoms with Crippen molar-refractivity contribution in [3.05, 3.63) is 35.1 Å². The van der Waals surface area contributed by atoms with E-state index in [1.54, 1.807) is 12.1 Å². The molecule has 21 heavy (non-hydrogen) atoms. The van der Waals surface area contributed by atoms with Crippen molar-refractivity contribution < 1.29 is 4.39 Å². The van der Waals surface area contributed by atoms with Crippen molar-refractivity contribution in [1.82, 2.24) is 9.80 Å². The zero-order chi connectivity index (χ0) is 15.4. The molecule has 1 fully saturated rings. The molecule has 2 N–H and O–H groups in total.